The van der Waals surface area contributed by atoms with E-state index in [4.69, 9.17) is 16.3 Å². The highest BCUT2D eigenvalue weighted by Crippen LogP contribution is 2.39. The number of halogens is 2. The summed E-state index contributed by atoms with van der Waals surface area (Å²) >= 11 is 7.75. The molecule has 0 saturated carbocycles. The molecule has 0 aromatic heterocycles. The fourth-order valence-corrected chi connectivity index (χ4v) is 4.40. The summed E-state index contributed by atoms with van der Waals surface area (Å²) in [4.78, 5) is 0. The fraction of sp³-hybridized carbons (Fsp3) is 0.571. The third-order valence-electron chi connectivity index (χ3n) is 3.87. The molecule has 2 unspecified atom stereocenters. The van der Waals surface area contributed by atoms with Crippen LogP contribution in [0.1, 0.15) is 19.3 Å². The Hall–Kier alpha value is -0.450. The van der Waals surface area contributed by atoms with Gasteiger partial charge in [0.15, 0.2) is 5.82 Å². The first-order chi connectivity index (χ1) is 9.19. The van der Waals surface area contributed by atoms with Crippen molar-refractivity contribution in [3.05, 3.63) is 29.0 Å². The van der Waals surface area contributed by atoms with Gasteiger partial charge in [-0.1, -0.05) is 17.7 Å². The van der Waals surface area contributed by atoms with E-state index in [0.29, 0.717) is 5.69 Å². The molecule has 5 heteroatoms. The van der Waals surface area contributed by atoms with E-state index in [2.05, 4.69) is 5.32 Å². The van der Waals surface area contributed by atoms with Crippen LogP contribution < -0.4 is 5.32 Å². The van der Waals surface area contributed by atoms with Gasteiger partial charge >= 0.3 is 0 Å². The van der Waals surface area contributed by atoms with Gasteiger partial charge < -0.3 is 10.1 Å². The molecule has 0 amide bonds. The quantitative estimate of drug-likeness (QED) is 0.894. The Morgan fingerprint density at radius 3 is 3.16 bits per heavy atom. The summed E-state index contributed by atoms with van der Waals surface area (Å²) < 4.78 is 19.9. The van der Waals surface area contributed by atoms with Crippen molar-refractivity contribution < 1.29 is 9.13 Å². The number of nitrogens with one attached hydrogen (secondary N) is 1. The predicted molar refractivity (Wildman–Crippen MR) is 78.7 cm³/mol. The molecule has 0 bridgehead atoms. The van der Waals surface area contributed by atoms with Crippen LogP contribution in [-0.4, -0.2) is 29.8 Å². The normalized spacial score (nSPS) is 30.7. The van der Waals surface area contributed by atoms with Gasteiger partial charge in [0, 0.05) is 18.4 Å². The van der Waals surface area contributed by atoms with E-state index in [9.17, 15) is 4.39 Å². The van der Waals surface area contributed by atoms with Crippen molar-refractivity contribution in [2.45, 2.75) is 30.9 Å². The first-order valence-electron chi connectivity index (χ1n) is 6.61. The van der Waals surface area contributed by atoms with E-state index in [-0.39, 0.29) is 22.5 Å². The van der Waals surface area contributed by atoms with Crippen molar-refractivity contribution in [1.29, 1.82) is 0 Å². The number of thioether (sulfide) groups is 1. The highest BCUT2D eigenvalue weighted by molar-refractivity contribution is 7.99. The van der Waals surface area contributed by atoms with Crippen LogP contribution >= 0.6 is 23.4 Å². The maximum absolute atomic E-state index is 13.9. The van der Waals surface area contributed by atoms with Gasteiger partial charge in [-0.25, -0.2) is 4.39 Å². The molecule has 2 fully saturated rings. The lowest BCUT2D eigenvalue weighted by atomic mass is 9.90. The van der Waals surface area contributed by atoms with E-state index in [1.54, 1.807) is 18.2 Å². The predicted octanol–water partition coefficient (Wildman–Crippen LogP) is 3.95. The van der Waals surface area contributed by atoms with Crippen LogP contribution in [0.4, 0.5) is 10.1 Å². The topological polar surface area (TPSA) is 21.3 Å². The molecule has 2 atom stereocenters. The number of rotatable bonds is 2. The van der Waals surface area contributed by atoms with Crippen molar-refractivity contribution in [1.82, 2.24) is 0 Å². The minimum Gasteiger partial charge on any atom is -0.380 e. The second-order valence-corrected chi connectivity index (χ2v) is 6.78. The average molecular weight is 302 g/mol. The molecule has 3 rings (SSSR count). The lowest BCUT2D eigenvalue weighted by Crippen LogP contribution is -2.44. The number of hydrogen-bond donors (Lipinski definition) is 1. The van der Waals surface area contributed by atoms with Crippen LogP contribution in [0.2, 0.25) is 5.02 Å². The highest BCUT2D eigenvalue weighted by atomic mass is 35.5. The lowest BCUT2D eigenvalue weighted by Gasteiger charge is -2.38. The van der Waals surface area contributed by atoms with E-state index in [0.717, 1.165) is 37.4 Å². The molecule has 2 aliphatic rings. The molecule has 2 heterocycles. The molecule has 2 saturated heterocycles. The summed E-state index contributed by atoms with van der Waals surface area (Å²) in [5.41, 5.74) is 0.510. The van der Waals surface area contributed by atoms with E-state index in [1.807, 2.05) is 11.8 Å². The van der Waals surface area contributed by atoms with Crippen LogP contribution in [0, 0.1) is 5.82 Å². The smallest absolute Gasteiger partial charge is 0.164 e. The Labute approximate surface area is 122 Å². The number of benzene rings is 1. The van der Waals surface area contributed by atoms with Gasteiger partial charge in [0.05, 0.1) is 16.3 Å². The van der Waals surface area contributed by atoms with Crippen molar-refractivity contribution in [2.24, 2.45) is 0 Å². The minimum atomic E-state index is -0.356. The van der Waals surface area contributed by atoms with Gasteiger partial charge in [0.25, 0.3) is 0 Å². The first kappa shape index (κ1) is 13.5. The molecule has 1 N–H and O–H groups in total. The SMILES string of the molecule is Fc1c(Cl)cccc1NC1CCOC2(CCSC2)C1. The van der Waals surface area contributed by atoms with E-state index < -0.39 is 0 Å². The van der Waals surface area contributed by atoms with Gasteiger partial charge in [-0.05, 0) is 37.1 Å². The Kier molecular flexibility index (Phi) is 3.92. The highest BCUT2D eigenvalue weighted by Gasteiger charge is 2.40. The molecule has 1 aromatic rings. The maximum atomic E-state index is 13.9. The number of ether oxygens (including phenoxy) is 1. The zero-order valence-electron chi connectivity index (χ0n) is 10.6. The van der Waals surface area contributed by atoms with Crippen LogP contribution in [0.5, 0.6) is 0 Å². The van der Waals surface area contributed by atoms with Gasteiger partial charge in [-0.15, -0.1) is 0 Å². The zero-order valence-corrected chi connectivity index (χ0v) is 12.2. The second-order valence-electron chi connectivity index (χ2n) is 5.27. The van der Waals surface area contributed by atoms with Crippen molar-refractivity contribution in [3.63, 3.8) is 0 Å². The Balaban J connectivity index is 1.71. The lowest BCUT2D eigenvalue weighted by molar-refractivity contribution is -0.0628. The molecule has 104 valence electrons. The molecule has 1 spiro atoms. The summed E-state index contributed by atoms with van der Waals surface area (Å²) in [7, 11) is 0. The molecular formula is C14H17ClFNOS. The van der Waals surface area contributed by atoms with Crippen molar-refractivity contribution >= 4 is 29.1 Å². The molecule has 2 nitrogen and oxygen atoms in total. The summed E-state index contributed by atoms with van der Waals surface area (Å²) in [6, 6.07) is 5.35. The largest absolute Gasteiger partial charge is 0.380 e. The van der Waals surface area contributed by atoms with Gasteiger partial charge in [0.1, 0.15) is 0 Å². The van der Waals surface area contributed by atoms with Crippen LogP contribution in [-0.2, 0) is 4.74 Å². The Bertz CT molecular complexity index is 465. The van der Waals surface area contributed by atoms with Gasteiger partial charge in [0.2, 0.25) is 0 Å². The van der Waals surface area contributed by atoms with Crippen LogP contribution in [0.25, 0.3) is 0 Å². The molecule has 0 radical (unpaired) electrons. The fourth-order valence-electron chi connectivity index (χ4n) is 2.85. The van der Waals surface area contributed by atoms with Crippen LogP contribution in [0.15, 0.2) is 18.2 Å². The number of anilines is 1. The number of hydrogen-bond acceptors (Lipinski definition) is 3. The second kappa shape index (κ2) is 5.51. The molecule has 2 aliphatic heterocycles. The van der Waals surface area contributed by atoms with E-state index >= 15 is 0 Å². The molecule has 19 heavy (non-hydrogen) atoms. The van der Waals surface area contributed by atoms with E-state index in [1.165, 1.54) is 0 Å². The first-order valence-corrected chi connectivity index (χ1v) is 8.14. The van der Waals surface area contributed by atoms with Crippen LogP contribution in [0.3, 0.4) is 0 Å². The summed E-state index contributed by atoms with van der Waals surface area (Å²) in [5, 5.41) is 3.46. The molecule has 1 aromatic carbocycles. The third kappa shape index (κ3) is 2.86. The van der Waals surface area contributed by atoms with Gasteiger partial charge in [-0.3, -0.25) is 0 Å². The molecular weight excluding hydrogens is 285 g/mol. The van der Waals surface area contributed by atoms with Gasteiger partial charge in [-0.2, -0.15) is 11.8 Å². The zero-order chi connectivity index (χ0) is 13.3. The van der Waals surface area contributed by atoms with Crippen molar-refractivity contribution in [3.8, 4) is 0 Å². The average Bonchev–Trinajstić information content (AvgIpc) is 2.83. The van der Waals surface area contributed by atoms with Crippen molar-refractivity contribution in [2.75, 3.05) is 23.4 Å². The standard InChI is InChI=1S/C14H17ClFNOS/c15-11-2-1-3-12(13(11)16)17-10-4-6-18-14(8-10)5-7-19-9-14/h1-3,10,17H,4-9H2. The Morgan fingerprint density at radius 1 is 1.47 bits per heavy atom. The summed E-state index contributed by atoms with van der Waals surface area (Å²) in [6.07, 6.45) is 2.97. The summed E-state index contributed by atoms with van der Waals surface area (Å²) in [5.74, 6) is 1.87. The minimum absolute atomic E-state index is 0.00956. The summed E-state index contributed by atoms with van der Waals surface area (Å²) in [6.45, 7) is 0.750. The Morgan fingerprint density at radius 2 is 2.37 bits per heavy atom. The molecule has 0 aliphatic carbocycles. The maximum Gasteiger partial charge on any atom is 0.164 e. The monoisotopic (exact) mass is 301 g/mol. The third-order valence-corrected chi connectivity index (χ3v) is 5.39.